The van der Waals surface area contributed by atoms with Gasteiger partial charge in [0.05, 0.1) is 20.6 Å². The molecular weight excluding hydrogens is 411 g/mol. The fourth-order valence-electron chi connectivity index (χ4n) is 2.12. The number of hydrogen-bond acceptors (Lipinski definition) is 4. The summed E-state index contributed by atoms with van der Waals surface area (Å²) in [5.41, 5.74) is -0.282. The molecule has 0 heterocycles. The lowest BCUT2D eigenvalue weighted by Gasteiger charge is -2.20. The Morgan fingerprint density at radius 1 is 1.04 bits per heavy atom. The van der Waals surface area contributed by atoms with Crippen molar-refractivity contribution < 1.29 is 17.9 Å². The number of amides is 1. The Labute approximate surface area is 168 Å². The molecule has 6 nitrogen and oxygen atoms in total. The monoisotopic (exact) mass is 430 g/mol. The molecule has 0 spiro atoms. The van der Waals surface area contributed by atoms with Crippen LogP contribution in [0.4, 0.5) is 5.69 Å². The van der Waals surface area contributed by atoms with E-state index in [9.17, 15) is 13.2 Å². The molecule has 2 rings (SSSR count). The van der Waals surface area contributed by atoms with Crippen molar-refractivity contribution >= 4 is 44.8 Å². The molecule has 0 aromatic heterocycles. The van der Waals surface area contributed by atoms with Gasteiger partial charge in [0.25, 0.3) is 5.91 Å². The quantitative estimate of drug-likeness (QED) is 0.722. The minimum Gasteiger partial charge on any atom is -0.484 e. The van der Waals surface area contributed by atoms with E-state index in [1.807, 2.05) is 0 Å². The van der Waals surface area contributed by atoms with Gasteiger partial charge in [0.15, 0.2) is 6.61 Å². The Hall–Kier alpha value is -1.80. The SMILES string of the molecule is CC(C)(C)NS(=O)(=O)c1ccc(OCC(=O)Nc2c(Cl)cccc2Cl)cc1. The van der Waals surface area contributed by atoms with Gasteiger partial charge < -0.3 is 10.1 Å². The molecule has 2 aromatic carbocycles. The first-order valence-corrected chi connectivity index (χ1v) is 10.2. The lowest BCUT2D eigenvalue weighted by atomic mass is 10.1. The number of nitrogens with one attached hydrogen (secondary N) is 2. The van der Waals surface area contributed by atoms with E-state index < -0.39 is 21.5 Å². The van der Waals surface area contributed by atoms with Gasteiger partial charge in [-0.25, -0.2) is 13.1 Å². The largest absolute Gasteiger partial charge is 0.484 e. The van der Waals surface area contributed by atoms with Crippen LogP contribution in [0.2, 0.25) is 10.0 Å². The smallest absolute Gasteiger partial charge is 0.262 e. The van der Waals surface area contributed by atoms with E-state index in [-0.39, 0.29) is 11.5 Å². The number of hydrogen-bond donors (Lipinski definition) is 2. The standard InChI is InChI=1S/C18H20Cl2N2O4S/c1-18(2,3)22-27(24,25)13-9-7-12(8-10-13)26-11-16(23)21-17-14(19)5-4-6-15(17)20/h4-10,22H,11H2,1-3H3,(H,21,23). The molecule has 1 amide bonds. The summed E-state index contributed by atoms with van der Waals surface area (Å²) in [5.74, 6) is -0.0961. The van der Waals surface area contributed by atoms with E-state index in [0.29, 0.717) is 21.5 Å². The molecule has 0 bridgehead atoms. The third kappa shape index (κ3) is 6.39. The van der Waals surface area contributed by atoms with E-state index in [4.69, 9.17) is 27.9 Å². The highest BCUT2D eigenvalue weighted by atomic mass is 35.5. The molecule has 27 heavy (non-hydrogen) atoms. The Kier molecular flexibility index (Phi) is 6.75. The van der Waals surface area contributed by atoms with E-state index in [1.54, 1.807) is 39.0 Å². The van der Waals surface area contributed by atoms with E-state index in [1.165, 1.54) is 24.3 Å². The summed E-state index contributed by atoms with van der Waals surface area (Å²) in [4.78, 5) is 12.1. The van der Waals surface area contributed by atoms with Crippen molar-refractivity contribution in [3.05, 3.63) is 52.5 Å². The predicted octanol–water partition coefficient (Wildman–Crippen LogP) is 4.09. The zero-order chi connectivity index (χ0) is 20.2. The maximum absolute atomic E-state index is 12.3. The molecule has 0 unspecified atom stereocenters. The van der Waals surface area contributed by atoms with Crippen LogP contribution in [0, 0.1) is 0 Å². The Morgan fingerprint density at radius 3 is 2.11 bits per heavy atom. The highest BCUT2D eigenvalue weighted by molar-refractivity contribution is 7.89. The molecule has 0 saturated heterocycles. The van der Waals surface area contributed by atoms with Gasteiger partial charge in [0.2, 0.25) is 10.0 Å². The van der Waals surface area contributed by atoms with Crippen LogP contribution >= 0.6 is 23.2 Å². The van der Waals surface area contributed by atoms with Crippen LogP contribution in [-0.4, -0.2) is 26.5 Å². The number of para-hydroxylation sites is 1. The van der Waals surface area contributed by atoms with Crippen molar-refractivity contribution in [1.29, 1.82) is 0 Å². The first-order chi connectivity index (χ1) is 12.5. The lowest BCUT2D eigenvalue weighted by molar-refractivity contribution is -0.118. The van der Waals surface area contributed by atoms with Gasteiger partial charge in [0.1, 0.15) is 5.75 Å². The lowest BCUT2D eigenvalue weighted by Crippen LogP contribution is -2.40. The zero-order valence-corrected chi connectivity index (χ0v) is 17.4. The van der Waals surface area contributed by atoms with Gasteiger partial charge in [-0.05, 0) is 57.2 Å². The second-order valence-electron chi connectivity index (χ2n) is 6.76. The molecule has 2 aromatic rings. The van der Waals surface area contributed by atoms with Crippen molar-refractivity contribution in [2.24, 2.45) is 0 Å². The average molecular weight is 431 g/mol. The molecular formula is C18H20Cl2N2O4S. The maximum atomic E-state index is 12.3. The second-order valence-corrected chi connectivity index (χ2v) is 9.26. The number of carbonyl (C=O) groups excluding carboxylic acids is 1. The molecule has 0 saturated carbocycles. The van der Waals surface area contributed by atoms with Gasteiger partial charge in [0, 0.05) is 5.54 Å². The maximum Gasteiger partial charge on any atom is 0.262 e. The van der Waals surface area contributed by atoms with Gasteiger partial charge in [-0.15, -0.1) is 0 Å². The Balaban J connectivity index is 1.98. The van der Waals surface area contributed by atoms with Gasteiger partial charge in [-0.2, -0.15) is 0 Å². The normalized spacial score (nSPS) is 11.9. The van der Waals surface area contributed by atoms with Crippen LogP contribution in [0.15, 0.2) is 47.4 Å². The molecule has 0 radical (unpaired) electrons. The van der Waals surface area contributed by atoms with Crippen LogP contribution in [0.1, 0.15) is 20.8 Å². The second kappa shape index (κ2) is 8.48. The number of benzene rings is 2. The van der Waals surface area contributed by atoms with Crippen LogP contribution in [0.3, 0.4) is 0 Å². The molecule has 0 aliphatic heterocycles. The summed E-state index contributed by atoms with van der Waals surface area (Å²) >= 11 is 12.0. The highest BCUT2D eigenvalue weighted by Crippen LogP contribution is 2.29. The fourth-order valence-corrected chi connectivity index (χ4v) is 4.03. The number of halogens is 2. The number of carbonyl (C=O) groups is 1. The van der Waals surface area contributed by atoms with Gasteiger partial charge >= 0.3 is 0 Å². The Morgan fingerprint density at radius 2 is 1.59 bits per heavy atom. The number of anilines is 1. The summed E-state index contributed by atoms with van der Waals surface area (Å²) in [7, 11) is -3.63. The molecule has 0 fully saturated rings. The van der Waals surface area contributed by atoms with Crippen LogP contribution in [0.25, 0.3) is 0 Å². The predicted molar refractivity (Wildman–Crippen MR) is 107 cm³/mol. The van der Waals surface area contributed by atoms with Crippen LogP contribution < -0.4 is 14.8 Å². The van der Waals surface area contributed by atoms with E-state index in [0.717, 1.165) is 0 Å². The molecule has 2 N–H and O–H groups in total. The summed E-state index contributed by atoms with van der Waals surface area (Å²) in [6, 6.07) is 10.7. The van der Waals surface area contributed by atoms with Crippen molar-refractivity contribution in [3.63, 3.8) is 0 Å². The van der Waals surface area contributed by atoms with Crippen molar-refractivity contribution in [2.45, 2.75) is 31.2 Å². The summed E-state index contributed by atoms with van der Waals surface area (Å²) < 4.78 is 32.4. The summed E-state index contributed by atoms with van der Waals surface area (Å²) in [6.07, 6.45) is 0. The minimum atomic E-state index is -3.63. The third-order valence-electron chi connectivity index (χ3n) is 3.17. The van der Waals surface area contributed by atoms with Crippen LogP contribution in [0.5, 0.6) is 5.75 Å². The molecule has 0 atom stereocenters. The molecule has 0 aliphatic carbocycles. The van der Waals surface area contributed by atoms with Crippen molar-refractivity contribution in [2.75, 3.05) is 11.9 Å². The van der Waals surface area contributed by atoms with Gasteiger partial charge in [-0.1, -0.05) is 29.3 Å². The fraction of sp³-hybridized carbons (Fsp3) is 0.278. The first kappa shape index (κ1) is 21.5. The van der Waals surface area contributed by atoms with E-state index in [2.05, 4.69) is 10.0 Å². The minimum absolute atomic E-state index is 0.108. The van der Waals surface area contributed by atoms with E-state index >= 15 is 0 Å². The number of rotatable bonds is 6. The number of ether oxygens (including phenoxy) is 1. The molecule has 0 aliphatic rings. The Bertz CT molecular complexity index is 903. The summed E-state index contributed by atoms with van der Waals surface area (Å²) in [6.45, 7) is 4.98. The third-order valence-corrected chi connectivity index (χ3v) is 5.58. The average Bonchev–Trinajstić information content (AvgIpc) is 2.55. The summed E-state index contributed by atoms with van der Waals surface area (Å²) in [5, 5.41) is 3.21. The van der Waals surface area contributed by atoms with Crippen molar-refractivity contribution in [1.82, 2.24) is 4.72 Å². The van der Waals surface area contributed by atoms with Gasteiger partial charge in [-0.3, -0.25) is 4.79 Å². The van der Waals surface area contributed by atoms with Crippen molar-refractivity contribution in [3.8, 4) is 5.75 Å². The number of sulfonamides is 1. The van der Waals surface area contributed by atoms with Crippen LogP contribution in [-0.2, 0) is 14.8 Å². The molecule has 146 valence electrons. The zero-order valence-electron chi connectivity index (χ0n) is 15.0. The highest BCUT2D eigenvalue weighted by Gasteiger charge is 2.21. The topological polar surface area (TPSA) is 84.5 Å². The molecule has 9 heteroatoms. The first-order valence-electron chi connectivity index (χ1n) is 7.99.